The Hall–Kier alpha value is -1.55. The van der Waals surface area contributed by atoms with Gasteiger partial charge in [-0.15, -0.1) is 0 Å². The number of rotatable bonds is 1. The summed E-state index contributed by atoms with van der Waals surface area (Å²) in [4.78, 5) is 20.0. The number of hydrogen-bond donors (Lipinski definition) is 0. The van der Waals surface area contributed by atoms with Crippen LogP contribution in [0.25, 0.3) is 5.65 Å². The Bertz CT molecular complexity index is 840. The maximum absolute atomic E-state index is 13.4. The lowest BCUT2D eigenvalue weighted by atomic mass is 9.65. The van der Waals surface area contributed by atoms with E-state index >= 15 is 0 Å². The molecule has 4 rings (SSSR count). The monoisotopic (exact) mass is 345 g/mol. The smallest absolute Gasteiger partial charge is 0.273 e. The van der Waals surface area contributed by atoms with Crippen LogP contribution in [0.1, 0.15) is 56.2 Å². The molecule has 24 heavy (non-hydrogen) atoms. The highest BCUT2D eigenvalue weighted by molar-refractivity contribution is 6.30. The third-order valence-corrected chi connectivity index (χ3v) is 5.88. The molecule has 2 aromatic heterocycles. The van der Waals surface area contributed by atoms with Gasteiger partial charge in [-0.25, -0.2) is 4.98 Å². The number of amides is 1. The molecule has 5 heteroatoms. The van der Waals surface area contributed by atoms with Crippen molar-refractivity contribution < 1.29 is 4.79 Å². The van der Waals surface area contributed by atoms with Gasteiger partial charge in [0.2, 0.25) is 0 Å². The van der Waals surface area contributed by atoms with Crippen LogP contribution in [-0.2, 0) is 0 Å². The van der Waals surface area contributed by atoms with E-state index in [1.807, 2.05) is 17.5 Å². The lowest BCUT2D eigenvalue weighted by Crippen LogP contribution is -2.38. The highest BCUT2D eigenvalue weighted by atomic mass is 35.5. The molecule has 0 N–H and O–H groups in total. The van der Waals surface area contributed by atoms with E-state index in [9.17, 15) is 4.79 Å². The maximum atomic E-state index is 13.4. The minimum atomic E-state index is 0.105. The average Bonchev–Trinajstić information content (AvgIpc) is 2.89. The predicted molar refractivity (Wildman–Crippen MR) is 95.5 cm³/mol. The molecule has 2 aliphatic rings. The first-order chi connectivity index (χ1) is 11.2. The second kappa shape index (κ2) is 4.98. The summed E-state index contributed by atoms with van der Waals surface area (Å²) in [5.41, 5.74) is 2.72. The summed E-state index contributed by atoms with van der Waals surface area (Å²) >= 11 is 6.06. The van der Waals surface area contributed by atoms with Crippen molar-refractivity contribution in [3.05, 3.63) is 34.7 Å². The fourth-order valence-corrected chi connectivity index (χ4v) is 5.38. The van der Waals surface area contributed by atoms with E-state index in [4.69, 9.17) is 11.6 Å². The van der Waals surface area contributed by atoms with Gasteiger partial charge in [-0.2, -0.15) is 0 Å². The molecule has 0 spiro atoms. The zero-order valence-electron chi connectivity index (χ0n) is 14.8. The SMILES string of the molecule is Cc1nc2cc(Cl)ccn2c1C(=O)N1CC2(C)CC1CC(C)(C)C2. The molecule has 1 aliphatic heterocycles. The van der Waals surface area contributed by atoms with Crippen LogP contribution in [0.15, 0.2) is 18.3 Å². The molecule has 2 bridgehead atoms. The topological polar surface area (TPSA) is 37.6 Å². The maximum Gasteiger partial charge on any atom is 0.273 e. The van der Waals surface area contributed by atoms with Crippen molar-refractivity contribution in [2.75, 3.05) is 6.54 Å². The summed E-state index contributed by atoms with van der Waals surface area (Å²) in [6.45, 7) is 9.73. The number of likely N-dealkylation sites (tertiary alicyclic amines) is 1. The normalized spacial score (nSPS) is 28.5. The molecule has 0 aromatic carbocycles. The second-order valence-electron chi connectivity index (χ2n) is 8.77. The Balaban J connectivity index is 1.74. The van der Waals surface area contributed by atoms with Crippen LogP contribution in [0.3, 0.4) is 0 Å². The fourth-order valence-electron chi connectivity index (χ4n) is 5.23. The lowest BCUT2D eigenvalue weighted by Gasteiger charge is -2.39. The van der Waals surface area contributed by atoms with Crippen molar-refractivity contribution >= 4 is 23.2 Å². The summed E-state index contributed by atoms with van der Waals surface area (Å²) in [5, 5.41) is 0.637. The average molecular weight is 346 g/mol. The van der Waals surface area contributed by atoms with Crippen molar-refractivity contribution in [1.82, 2.24) is 14.3 Å². The summed E-state index contributed by atoms with van der Waals surface area (Å²) in [6.07, 6.45) is 5.22. The molecule has 4 nitrogen and oxygen atoms in total. The molecule has 2 atom stereocenters. The Morgan fingerprint density at radius 1 is 1.33 bits per heavy atom. The molecule has 2 unspecified atom stereocenters. The predicted octanol–water partition coefficient (Wildman–Crippen LogP) is 4.34. The van der Waals surface area contributed by atoms with Crippen molar-refractivity contribution in [1.29, 1.82) is 0 Å². The van der Waals surface area contributed by atoms with Gasteiger partial charge < -0.3 is 4.90 Å². The van der Waals surface area contributed by atoms with Gasteiger partial charge in [0.05, 0.1) is 5.69 Å². The number of carbonyl (C=O) groups is 1. The highest BCUT2D eigenvalue weighted by Gasteiger charge is 2.51. The van der Waals surface area contributed by atoms with Crippen LogP contribution in [0.5, 0.6) is 0 Å². The number of halogens is 1. The number of aryl methyl sites for hydroxylation is 1. The number of carbonyl (C=O) groups excluding carboxylic acids is 1. The van der Waals surface area contributed by atoms with E-state index in [0.717, 1.165) is 30.7 Å². The van der Waals surface area contributed by atoms with E-state index in [0.29, 0.717) is 22.2 Å². The largest absolute Gasteiger partial charge is 0.334 e. The number of imidazole rings is 1. The van der Waals surface area contributed by atoms with Gasteiger partial charge >= 0.3 is 0 Å². The van der Waals surface area contributed by atoms with Crippen LogP contribution < -0.4 is 0 Å². The molecular weight excluding hydrogens is 322 g/mol. The Morgan fingerprint density at radius 2 is 2.08 bits per heavy atom. The summed E-state index contributed by atoms with van der Waals surface area (Å²) in [6, 6.07) is 3.95. The minimum Gasteiger partial charge on any atom is -0.334 e. The van der Waals surface area contributed by atoms with Crippen molar-refractivity contribution in [3.63, 3.8) is 0 Å². The Kier molecular flexibility index (Phi) is 3.31. The number of aromatic nitrogens is 2. The Morgan fingerprint density at radius 3 is 2.83 bits per heavy atom. The third-order valence-electron chi connectivity index (χ3n) is 5.64. The molecular formula is C19H24ClN3O. The van der Waals surface area contributed by atoms with Crippen molar-refractivity contribution in [2.45, 2.75) is 53.0 Å². The molecule has 1 saturated carbocycles. The van der Waals surface area contributed by atoms with E-state index < -0.39 is 0 Å². The zero-order valence-corrected chi connectivity index (χ0v) is 15.5. The van der Waals surface area contributed by atoms with Crippen LogP contribution >= 0.6 is 11.6 Å². The van der Waals surface area contributed by atoms with Crippen LogP contribution in [0.4, 0.5) is 0 Å². The van der Waals surface area contributed by atoms with Crippen LogP contribution in [0.2, 0.25) is 5.02 Å². The number of fused-ring (bicyclic) bond motifs is 3. The van der Waals surface area contributed by atoms with Gasteiger partial charge in [0.25, 0.3) is 5.91 Å². The van der Waals surface area contributed by atoms with Gasteiger partial charge in [-0.1, -0.05) is 32.4 Å². The van der Waals surface area contributed by atoms with Gasteiger partial charge in [0.15, 0.2) is 0 Å². The van der Waals surface area contributed by atoms with E-state index in [1.165, 1.54) is 6.42 Å². The molecule has 1 aliphatic carbocycles. The quantitative estimate of drug-likeness (QED) is 0.771. The molecule has 2 fully saturated rings. The molecule has 0 radical (unpaired) electrons. The van der Waals surface area contributed by atoms with E-state index in [1.54, 1.807) is 12.1 Å². The minimum absolute atomic E-state index is 0.105. The number of hydrogen-bond acceptors (Lipinski definition) is 2. The van der Waals surface area contributed by atoms with Crippen molar-refractivity contribution in [2.24, 2.45) is 10.8 Å². The highest BCUT2D eigenvalue weighted by Crippen LogP contribution is 2.52. The first-order valence-electron chi connectivity index (χ1n) is 8.63. The fraction of sp³-hybridized carbons (Fsp3) is 0.579. The number of nitrogens with zero attached hydrogens (tertiary/aromatic N) is 3. The molecule has 128 valence electrons. The van der Waals surface area contributed by atoms with E-state index in [2.05, 4.69) is 30.7 Å². The van der Waals surface area contributed by atoms with Crippen LogP contribution in [0, 0.1) is 17.8 Å². The first-order valence-corrected chi connectivity index (χ1v) is 9.01. The van der Waals surface area contributed by atoms with Gasteiger partial charge in [-0.05, 0) is 43.1 Å². The number of pyridine rings is 1. The lowest BCUT2D eigenvalue weighted by molar-refractivity contribution is 0.0700. The third kappa shape index (κ3) is 2.43. The first kappa shape index (κ1) is 15.9. The molecule has 3 heterocycles. The van der Waals surface area contributed by atoms with Gasteiger partial charge in [-0.3, -0.25) is 9.20 Å². The van der Waals surface area contributed by atoms with E-state index in [-0.39, 0.29) is 11.3 Å². The van der Waals surface area contributed by atoms with Gasteiger partial charge in [0.1, 0.15) is 11.3 Å². The molecule has 1 saturated heterocycles. The summed E-state index contributed by atoms with van der Waals surface area (Å²) in [7, 11) is 0. The van der Waals surface area contributed by atoms with Gasteiger partial charge in [0, 0.05) is 29.9 Å². The summed E-state index contributed by atoms with van der Waals surface area (Å²) in [5.74, 6) is 0.105. The molecule has 2 aromatic rings. The zero-order chi connectivity index (χ0) is 17.3. The molecule has 1 amide bonds. The van der Waals surface area contributed by atoms with Crippen molar-refractivity contribution in [3.8, 4) is 0 Å². The Labute approximate surface area is 147 Å². The van der Waals surface area contributed by atoms with Crippen LogP contribution in [-0.4, -0.2) is 32.8 Å². The summed E-state index contributed by atoms with van der Waals surface area (Å²) < 4.78 is 1.87. The standard InChI is InChI=1S/C19H24ClN3O/c1-12-16(22-6-5-13(20)7-15(22)21-12)17(24)23-11-19(4)9-14(23)8-18(2,3)10-19/h5-7,14H,8-11H2,1-4H3. The second-order valence-corrected chi connectivity index (χ2v) is 9.20.